The molecule has 0 saturated heterocycles. The monoisotopic (exact) mass is 554 g/mol. The number of benzene rings is 3. The van der Waals surface area contributed by atoms with Crippen LogP contribution >= 0.6 is 0 Å². The highest BCUT2D eigenvalue weighted by molar-refractivity contribution is 7.87. The van der Waals surface area contributed by atoms with Crippen LogP contribution < -0.4 is 18.4 Å². The molecule has 0 spiro atoms. The van der Waals surface area contributed by atoms with Crippen LogP contribution in [0.15, 0.2) is 59.5 Å². The Morgan fingerprint density at radius 2 is 1.79 bits per heavy atom. The lowest BCUT2D eigenvalue weighted by Gasteiger charge is -2.33. The number of aliphatic hydroxyl groups is 1. The summed E-state index contributed by atoms with van der Waals surface area (Å²) in [6.45, 7) is 7.55. The van der Waals surface area contributed by atoms with Crippen LogP contribution in [0.25, 0.3) is 0 Å². The molecule has 1 aliphatic rings. The molecule has 0 saturated carbocycles. The maximum absolute atomic E-state index is 13.4. The van der Waals surface area contributed by atoms with Crippen LogP contribution in [0.2, 0.25) is 0 Å². The number of ketones is 1. The lowest BCUT2D eigenvalue weighted by molar-refractivity contribution is 0.0813. The lowest BCUT2D eigenvalue weighted by Crippen LogP contribution is -2.33. The van der Waals surface area contributed by atoms with Crippen molar-refractivity contribution in [1.29, 1.82) is 0 Å². The molecule has 0 radical (unpaired) electrons. The first-order valence-electron chi connectivity index (χ1n) is 12.9. The molecule has 1 aliphatic heterocycles. The minimum atomic E-state index is -4.22. The Balaban J connectivity index is 1.62. The third kappa shape index (κ3) is 6.72. The normalized spacial score (nSPS) is 14.2. The van der Waals surface area contributed by atoms with E-state index in [4.69, 9.17) is 18.4 Å². The summed E-state index contributed by atoms with van der Waals surface area (Å²) >= 11 is 0. The van der Waals surface area contributed by atoms with E-state index in [2.05, 4.69) is 0 Å². The molecule has 0 aromatic heterocycles. The highest BCUT2D eigenvalue weighted by atomic mass is 32.2. The largest absolute Gasteiger partial charge is 0.493 e. The Kier molecular flexibility index (Phi) is 8.51. The van der Waals surface area contributed by atoms with Gasteiger partial charge in [0.2, 0.25) is 5.78 Å². The van der Waals surface area contributed by atoms with Gasteiger partial charge in [0.1, 0.15) is 27.7 Å². The van der Waals surface area contributed by atoms with Crippen LogP contribution in [0.5, 0.6) is 23.0 Å². The van der Waals surface area contributed by atoms with Gasteiger partial charge in [-0.3, -0.25) is 4.79 Å². The highest BCUT2D eigenvalue weighted by Gasteiger charge is 2.30. The minimum Gasteiger partial charge on any atom is -0.493 e. The van der Waals surface area contributed by atoms with E-state index in [1.54, 1.807) is 30.3 Å². The molecule has 0 amide bonds. The summed E-state index contributed by atoms with van der Waals surface area (Å²) in [4.78, 5) is 13.3. The number of hydrogen-bond acceptors (Lipinski definition) is 8. The first-order valence-corrected chi connectivity index (χ1v) is 14.3. The second kappa shape index (κ2) is 11.7. The molecule has 0 aliphatic carbocycles. The van der Waals surface area contributed by atoms with E-state index in [0.717, 1.165) is 24.0 Å². The van der Waals surface area contributed by atoms with Crippen molar-refractivity contribution >= 4 is 15.9 Å². The van der Waals surface area contributed by atoms with Gasteiger partial charge in [-0.15, -0.1) is 0 Å². The van der Waals surface area contributed by atoms with Gasteiger partial charge in [-0.05, 0) is 76.4 Å². The molecule has 4 rings (SSSR count). The summed E-state index contributed by atoms with van der Waals surface area (Å²) < 4.78 is 49.2. The number of aryl methyl sites for hydroxylation is 1. The number of carbonyl (C=O) groups excluding carboxylic acids is 1. The van der Waals surface area contributed by atoms with Gasteiger partial charge >= 0.3 is 10.1 Å². The minimum absolute atomic E-state index is 0.0299. The molecular formula is C30H34O8S. The van der Waals surface area contributed by atoms with Crippen LogP contribution in [0.3, 0.4) is 0 Å². The van der Waals surface area contributed by atoms with Gasteiger partial charge in [-0.2, -0.15) is 8.42 Å². The zero-order valence-electron chi connectivity index (χ0n) is 22.7. The topological polar surface area (TPSA) is 108 Å². The summed E-state index contributed by atoms with van der Waals surface area (Å²) in [5, 5.41) is 9.90. The molecule has 3 aromatic rings. The maximum Gasteiger partial charge on any atom is 0.339 e. The zero-order valence-corrected chi connectivity index (χ0v) is 23.5. The Morgan fingerprint density at radius 3 is 2.49 bits per heavy atom. The van der Waals surface area contributed by atoms with E-state index in [0.29, 0.717) is 35.8 Å². The van der Waals surface area contributed by atoms with Crippen molar-refractivity contribution in [2.45, 2.75) is 64.1 Å². The molecular weight excluding hydrogens is 520 g/mol. The molecule has 0 bridgehead atoms. The second-order valence-electron chi connectivity index (χ2n) is 10.1. The maximum atomic E-state index is 13.4. The summed E-state index contributed by atoms with van der Waals surface area (Å²) in [5.74, 6) is 0.779. The second-order valence-corrected chi connectivity index (χ2v) is 11.7. The van der Waals surface area contributed by atoms with Gasteiger partial charge in [0.25, 0.3) is 0 Å². The van der Waals surface area contributed by atoms with Gasteiger partial charge < -0.3 is 23.5 Å². The molecule has 0 unspecified atom stereocenters. The predicted molar refractivity (Wildman–Crippen MR) is 146 cm³/mol. The van der Waals surface area contributed by atoms with Crippen molar-refractivity contribution in [3.8, 4) is 23.0 Å². The van der Waals surface area contributed by atoms with E-state index in [-0.39, 0.29) is 28.4 Å². The number of carbonyl (C=O) groups is 1. The first kappa shape index (κ1) is 28.4. The van der Waals surface area contributed by atoms with E-state index in [1.165, 1.54) is 24.3 Å². The van der Waals surface area contributed by atoms with Gasteiger partial charge in [0.15, 0.2) is 12.4 Å². The van der Waals surface area contributed by atoms with Crippen molar-refractivity contribution < 1.29 is 36.7 Å². The van der Waals surface area contributed by atoms with E-state index in [9.17, 15) is 18.3 Å². The van der Waals surface area contributed by atoms with E-state index < -0.39 is 22.5 Å². The fraction of sp³-hybridized carbons (Fsp3) is 0.367. The van der Waals surface area contributed by atoms with Crippen molar-refractivity contribution in [3.05, 3.63) is 76.9 Å². The van der Waals surface area contributed by atoms with Gasteiger partial charge in [-0.1, -0.05) is 24.6 Å². The number of fused-ring (bicyclic) bond motifs is 1. The molecule has 8 nitrogen and oxygen atoms in total. The Bertz CT molecular complexity index is 1440. The molecule has 0 fully saturated rings. The zero-order chi connectivity index (χ0) is 28.2. The van der Waals surface area contributed by atoms with E-state index >= 15 is 0 Å². The molecule has 9 heteroatoms. The van der Waals surface area contributed by atoms with Crippen molar-refractivity contribution in [3.63, 3.8) is 0 Å². The van der Waals surface area contributed by atoms with Gasteiger partial charge in [0, 0.05) is 17.2 Å². The summed E-state index contributed by atoms with van der Waals surface area (Å²) in [6.07, 6.45) is 2.15. The van der Waals surface area contributed by atoms with Crippen LogP contribution in [0, 0.1) is 6.92 Å². The van der Waals surface area contributed by atoms with Crippen molar-refractivity contribution in [1.82, 2.24) is 0 Å². The molecule has 39 heavy (non-hydrogen) atoms. The van der Waals surface area contributed by atoms with Crippen LogP contribution in [0.4, 0.5) is 0 Å². The smallest absolute Gasteiger partial charge is 0.339 e. The van der Waals surface area contributed by atoms with E-state index in [1.807, 2.05) is 27.7 Å². The standard InChI is InChI=1S/C30H34O8S/c1-5-16-35-22-9-12-24(28(17-22)38-39(33,34)23-10-6-20(2)7-11-23)26(32)19-36-29-21(18-31)8-13-27-25(29)14-15-30(3,4)37-27/h6-13,17,31H,5,14-16,18-19H2,1-4H3. The summed E-state index contributed by atoms with van der Waals surface area (Å²) in [7, 11) is -4.22. The Labute approximate surface area is 229 Å². The molecule has 1 N–H and O–H groups in total. The SMILES string of the molecule is CCCOc1ccc(C(=O)COc2c(CO)ccc3c2CCC(C)(C)O3)c(OS(=O)(=O)c2ccc(C)cc2)c1. The summed E-state index contributed by atoms with van der Waals surface area (Å²) in [5.41, 5.74) is 1.91. The average molecular weight is 555 g/mol. The van der Waals surface area contributed by atoms with Crippen LogP contribution in [-0.4, -0.2) is 38.1 Å². The van der Waals surface area contributed by atoms with Gasteiger partial charge in [0.05, 0.1) is 18.8 Å². The average Bonchev–Trinajstić information content (AvgIpc) is 2.89. The number of aliphatic hydroxyl groups excluding tert-OH is 1. The van der Waals surface area contributed by atoms with Gasteiger partial charge in [-0.25, -0.2) is 0 Å². The number of rotatable bonds is 11. The molecule has 1 heterocycles. The number of ether oxygens (including phenoxy) is 3. The fourth-order valence-electron chi connectivity index (χ4n) is 4.27. The van der Waals surface area contributed by atoms with Crippen LogP contribution in [-0.2, 0) is 23.1 Å². The molecule has 0 atom stereocenters. The van der Waals surface area contributed by atoms with Crippen LogP contribution in [0.1, 0.15) is 60.7 Å². The first-order chi connectivity index (χ1) is 18.5. The Morgan fingerprint density at radius 1 is 1.05 bits per heavy atom. The van der Waals surface area contributed by atoms with Crippen molar-refractivity contribution in [2.75, 3.05) is 13.2 Å². The molecule has 3 aromatic carbocycles. The molecule has 208 valence electrons. The fourth-order valence-corrected chi connectivity index (χ4v) is 5.21. The quantitative estimate of drug-likeness (QED) is 0.248. The number of Topliss-reactive ketones (excluding diaryl/α,β-unsaturated/α-hetero) is 1. The lowest BCUT2D eigenvalue weighted by atomic mass is 9.92. The van der Waals surface area contributed by atoms with Crippen molar-refractivity contribution in [2.24, 2.45) is 0 Å². The third-order valence-corrected chi connectivity index (χ3v) is 7.66. The highest BCUT2D eigenvalue weighted by Crippen LogP contribution is 2.40. The third-order valence-electron chi connectivity index (χ3n) is 6.42. The number of hydrogen-bond donors (Lipinski definition) is 1. The summed E-state index contributed by atoms with van der Waals surface area (Å²) in [6, 6.07) is 14.2. The Hall–Kier alpha value is -3.56. The predicted octanol–water partition coefficient (Wildman–Crippen LogP) is 5.41.